The minimum Gasteiger partial charge on any atom is -0.496 e. The van der Waals surface area contributed by atoms with Crippen molar-refractivity contribution in [3.63, 3.8) is 0 Å². The lowest BCUT2D eigenvalue weighted by Crippen LogP contribution is -2.20. The number of ether oxygens (including phenoxy) is 1. The summed E-state index contributed by atoms with van der Waals surface area (Å²) in [6, 6.07) is 9.87. The summed E-state index contributed by atoms with van der Waals surface area (Å²) in [5.74, 6) is 0.400. The summed E-state index contributed by atoms with van der Waals surface area (Å²) in [5, 5.41) is 4.29. The average Bonchev–Trinajstić information content (AvgIpc) is 2.48. The molecule has 0 amide bonds. The molecule has 2 aromatic rings. The van der Waals surface area contributed by atoms with Gasteiger partial charge in [-0.05, 0) is 49.4 Å². The highest BCUT2D eigenvalue weighted by Gasteiger charge is 2.17. The Hall–Kier alpha value is -1.29. The van der Waals surface area contributed by atoms with Crippen LogP contribution in [0.5, 0.6) is 5.75 Å². The van der Waals surface area contributed by atoms with Crippen molar-refractivity contribution in [2.75, 3.05) is 14.2 Å². The van der Waals surface area contributed by atoms with Crippen molar-refractivity contribution < 1.29 is 9.13 Å². The molecule has 0 spiro atoms. The normalized spacial score (nSPS) is 12.2. The molecule has 5 heteroatoms. The lowest BCUT2D eigenvalue weighted by Gasteiger charge is -2.20. The third-order valence-electron chi connectivity index (χ3n) is 3.35. The van der Waals surface area contributed by atoms with Crippen LogP contribution in [0.1, 0.15) is 17.2 Å². The topological polar surface area (TPSA) is 21.3 Å². The van der Waals surface area contributed by atoms with Gasteiger partial charge in [0, 0.05) is 21.7 Å². The van der Waals surface area contributed by atoms with E-state index in [1.807, 2.05) is 13.1 Å². The molecule has 0 bridgehead atoms. The zero-order valence-corrected chi connectivity index (χ0v) is 13.3. The van der Waals surface area contributed by atoms with E-state index < -0.39 is 0 Å². The van der Waals surface area contributed by atoms with Gasteiger partial charge < -0.3 is 10.1 Å². The fourth-order valence-corrected chi connectivity index (χ4v) is 2.62. The van der Waals surface area contributed by atoms with E-state index in [4.69, 9.17) is 27.9 Å². The summed E-state index contributed by atoms with van der Waals surface area (Å²) in [6.07, 6.45) is 0.459. The van der Waals surface area contributed by atoms with Crippen LogP contribution in [0, 0.1) is 5.82 Å². The number of likely N-dealkylation sites (N-methyl/N-ethyl adjacent to an activating group) is 1. The summed E-state index contributed by atoms with van der Waals surface area (Å²) in [7, 11) is 3.41. The van der Waals surface area contributed by atoms with Crippen LogP contribution >= 0.6 is 23.2 Å². The zero-order chi connectivity index (χ0) is 15.4. The lowest BCUT2D eigenvalue weighted by atomic mass is 9.98. The molecule has 1 unspecified atom stereocenters. The van der Waals surface area contributed by atoms with Crippen LogP contribution in [0.25, 0.3) is 0 Å². The predicted octanol–water partition coefficient (Wildman–Crippen LogP) is 4.64. The van der Waals surface area contributed by atoms with Gasteiger partial charge in [0.2, 0.25) is 0 Å². The van der Waals surface area contributed by atoms with Crippen molar-refractivity contribution >= 4 is 23.2 Å². The SMILES string of the molecule is CNC(Cc1cc(Cl)ccc1F)c1ccc(Cl)cc1OC. The zero-order valence-electron chi connectivity index (χ0n) is 11.8. The standard InChI is InChI=1S/C16H16Cl2FNO/c1-20-15(8-10-7-11(17)4-6-14(10)19)13-5-3-12(18)9-16(13)21-2/h3-7,9,15,20H,8H2,1-2H3. The van der Waals surface area contributed by atoms with Crippen molar-refractivity contribution in [3.05, 3.63) is 63.4 Å². The molecule has 0 saturated carbocycles. The van der Waals surface area contributed by atoms with Crippen LogP contribution in [0.3, 0.4) is 0 Å². The molecule has 0 radical (unpaired) electrons. The van der Waals surface area contributed by atoms with Gasteiger partial charge in [0.25, 0.3) is 0 Å². The minimum atomic E-state index is -0.271. The number of hydrogen-bond donors (Lipinski definition) is 1. The Morgan fingerprint density at radius 1 is 1.14 bits per heavy atom. The van der Waals surface area contributed by atoms with Gasteiger partial charge >= 0.3 is 0 Å². The van der Waals surface area contributed by atoms with Gasteiger partial charge in [-0.1, -0.05) is 29.3 Å². The fraction of sp³-hybridized carbons (Fsp3) is 0.250. The first kappa shape index (κ1) is 16.1. The number of nitrogens with one attached hydrogen (secondary N) is 1. The Morgan fingerprint density at radius 2 is 1.81 bits per heavy atom. The number of benzene rings is 2. The molecule has 112 valence electrons. The molecule has 1 N–H and O–H groups in total. The Kier molecular flexibility index (Phi) is 5.45. The van der Waals surface area contributed by atoms with E-state index in [0.29, 0.717) is 27.8 Å². The Balaban J connectivity index is 2.34. The lowest BCUT2D eigenvalue weighted by molar-refractivity contribution is 0.400. The summed E-state index contributed by atoms with van der Waals surface area (Å²) < 4.78 is 19.2. The van der Waals surface area contributed by atoms with Crippen molar-refractivity contribution in [1.29, 1.82) is 0 Å². The van der Waals surface area contributed by atoms with Crippen LogP contribution < -0.4 is 10.1 Å². The number of hydrogen-bond acceptors (Lipinski definition) is 2. The number of halogens is 3. The molecule has 2 nitrogen and oxygen atoms in total. The summed E-state index contributed by atoms with van der Waals surface area (Å²) in [5.41, 5.74) is 1.47. The molecule has 0 saturated heterocycles. The molecule has 21 heavy (non-hydrogen) atoms. The van der Waals surface area contributed by atoms with E-state index in [0.717, 1.165) is 5.56 Å². The highest BCUT2D eigenvalue weighted by molar-refractivity contribution is 6.31. The molecular weight excluding hydrogens is 312 g/mol. The van der Waals surface area contributed by atoms with Gasteiger partial charge in [-0.15, -0.1) is 0 Å². The molecule has 0 aliphatic heterocycles. The van der Waals surface area contributed by atoms with E-state index in [2.05, 4.69) is 5.32 Å². The highest BCUT2D eigenvalue weighted by Crippen LogP contribution is 2.31. The second-order valence-electron chi connectivity index (χ2n) is 4.67. The van der Waals surface area contributed by atoms with Crippen LogP contribution in [-0.2, 0) is 6.42 Å². The first-order valence-electron chi connectivity index (χ1n) is 6.49. The van der Waals surface area contributed by atoms with E-state index in [-0.39, 0.29) is 11.9 Å². The van der Waals surface area contributed by atoms with E-state index >= 15 is 0 Å². The van der Waals surface area contributed by atoms with Crippen LogP contribution in [-0.4, -0.2) is 14.2 Å². The van der Waals surface area contributed by atoms with Crippen molar-refractivity contribution in [3.8, 4) is 5.75 Å². The minimum absolute atomic E-state index is 0.106. The number of rotatable bonds is 5. The quantitative estimate of drug-likeness (QED) is 0.863. The molecule has 0 aromatic heterocycles. The molecule has 2 rings (SSSR count). The van der Waals surface area contributed by atoms with E-state index in [9.17, 15) is 4.39 Å². The molecule has 0 heterocycles. The van der Waals surface area contributed by atoms with Gasteiger partial charge in [0.1, 0.15) is 11.6 Å². The van der Waals surface area contributed by atoms with Crippen molar-refractivity contribution in [2.45, 2.75) is 12.5 Å². The Labute approximate surface area is 133 Å². The van der Waals surface area contributed by atoms with Gasteiger partial charge in [0.15, 0.2) is 0 Å². The van der Waals surface area contributed by atoms with Gasteiger partial charge in [-0.25, -0.2) is 4.39 Å². The summed E-state index contributed by atoms with van der Waals surface area (Å²) in [4.78, 5) is 0. The molecule has 1 atom stereocenters. The largest absolute Gasteiger partial charge is 0.496 e. The molecule has 2 aromatic carbocycles. The van der Waals surface area contributed by atoms with Gasteiger partial charge in [-0.2, -0.15) is 0 Å². The highest BCUT2D eigenvalue weighted by atomic mass is 35.5. The smallest absolute Gasteiger partial charge is 0.126 e. The molecule has 0 aliphatic rings. The van der Waals surface area contributed by atoms with Gasteiger partial charge in [0.05, 0.1) is 7.11 Å². The third kappa shape index (κ3) is 3.88. The summed E-state index contributed by atoms with van der Waals surface area (Å²) in [6.45, 7) is 0. The molecule has 0 aliphatic carbocycles. The molecule has 0 fully saturated rings. The third-order valence-corrected chi connectivity index (χ3v) is 3.82. The van der Waals surface area contributed by atoms with Gasteiger partial charge in [-0.3, -0.25) is 0 Å². The second kappa shape index (κ2) is 7.12. The monoisotopic (exact) mass is 327 g/mol. The average molecular weight is 328 g/mol. The fourth-order valence-electron chi connectivity index (χ4n) is 2.26. The van der Waals surface area contributed by atoms with Crippen LogP contribution in [0.15, 0.2) is 36.4 Å². The van der Waals surface area contributed by atoms with Crippen LogP contribution in [0.2, 0.25) is 10.0 Å². The first-order chi connectivity index (χ1) is 10.0. The predicted molar refractivity (Wildman–Crippen MR) is 84.9 cm³/mol. The maximum atomic E-state index is 13.9. The Morgan fingerprint density at radius 3 is 2.48 bits per heavy atom. The molecular formula is C16H16Cl2FNO. The Bertz CT molecular complexity index is 634. The van der Waals surface area contributed by atoms with E-state index in [1.54, 1.807) is 25.3 Å². The van der Waals surface area contributed by atoms with E-state index in [1.165, 1.54) is 12.1 Å². The van der Waals surface area contributed by atoms with Crippen molar-refractivity contribution in [2.24, 2.45) is 0 Å². The van der Waals surface area contributed by atoms with Crippen molar-refractivity contribution in [1.82, 2.24) is 5.32 Å². The first-order valence-corrected chi connectivity index (χ1v) is 7.25. The van der Waals surface area contributed by atoms with Crippen LogP contribution in [0.4, 0.5) is 4.39 Å². The second-order valence-corrected chi connectivity index (χ2v) is 5.54. The number of methoxy groups -OCH3 is 1. The summed E-state index contributed by atoms with van der Waals surface area (Å²) >= 11 is 11.9. The maximum Gasteiger partial charge on any atom is 0.126 e. The maximum absolute atomic E-state index is 13.9.